The maximum atomic E-state index is 5.82. The molecular formula is C17H19NOS. The zero-order valence-electron chi connectivity index (χ0n) is 11.6. The van der Waals surface area contributed by atoms with E-state index in [1.54, 1.807) is 0 Å². The Bertz CT molecular complexity index is 570. The van der Waals surface area contributed by atoms with Gasteiger partial charge in [0.2, 0.25) is 0 Å². The summed E-state index contributed by atoms with van der Waals surface area (Å²) in [5, 5.41) is 3.42. The van der Waals surface area contributed by atoms with Gasteiger partial charge >= 0.3 is 0 Å². The Morgan fingerprint density at radius 3 is 2.80 bits per heavy atom. The number of hydrogen-bond acceptors (Lipinski definition) is 3. The fourth-order valence-corrected chi connectivity index (χ4v) is 3.59. The van der Waals surface area contributed by atoms with Crippen LogP contribution in [0, 0.1) is 0 Å². The zero-order chi connectivity index (χ0) is 13.8. The van der Waals surface area contributed by atoms with Crippen molar-refractivity contribution in [3.63, 3.8) is 0 Å². The average Bonchev–Trinajstić information content (AvgIpc) is 2.98. The molecule has 0 aromatic heterocycles. The van der Waals surface area contributed by atoms with Gasteiger partial charge in [0.1, 0.15) is 5.75 Å². The van der Waals surface area contributed by atoms with Crippen LogP contribution in [-0.4, -0.2) is 19.4 Å². The van der Waals surface area contributed by atoms with Crippen molar-refractivity contribution in [2.75, 3.05) is 19.4 Å². The van der Waals surface area contributed by atoms with Gasteiger partial charge in [-0.05, 0) is 24.7 Å². The molecule has 1 N–H and O–H groups in total. The molecule has 104 valence electrons. The highest BCUT2D eigenvalue weighted by Gasteiger charge is 2.21. The molecular weight excluding hydrogens is 266 g/mol. The molecule has 0 saturated heterocycles. The van der Waals surface area contributed by atoms with E-state index in [0.717, 1.165) is 24.5 Å². The van der Waals surface area contributed by atoms with Crippen LogP contribution in [0.15, 0.2) is 53.4 Å². The summed E-state index contributed by atoms with van der Waals surface area (Å²) in [4.78, 5) is 1.31. The minimum Gasteiger partial charge on any atom is -0.493 e. The molecule has 0 fully saturated rings. The molecule has 20 heavy (non-hydrogen) atoms. The second kappa shape index (κ2) is 6.33. The predicted octanol–water partition coefficient (Wildman–Crippen LogP) is 3.67. The number of hydrogen-bond donors (Lipinski definition) is 1. The number of nitrogens with one attached hydrogen (secondary N) is 1. The second-order valence-electron chi connectivity index (χ2n) is 4.90. The van der Waals surface area contributed by atoms with Crippen LogP contribution in [0.3, 0.4) is 0 Å². The summed E-state index contributed by atoms with van der Waals surface area (Å²) in [5.74, 6) is 2.10. The molecule has 3 rings (SSSR count). The molecule has 0 aliphatic carbocycles. The van der Waals surface area contributed by atoms with Crippen LogP contribution in [0.5, 0.6) is 5.75 Å². The van der Waals surface area contributed by atoms with E-state index in [0.29, 0.717) is 6.04 Å². The first-order valence-electron chi connectivity index (χ1n) is 6.98. The quantitative estimate of drug-likeness (QED) is 0.847. The van der Waals surface area contributed by atoms with Gasteiger partial charge in [0, 0.05) is 28.7 Å². The monoisotopic (exact) mass is 285 g/mol. The first-order chi connectivity index (χ1) is 9.88. The minimum absolute atomic E-state index is 0.313. The highest BCUT2D eigenvalue weighted by atomic mass is 32.2. The summed E-state index contributed by atoms with van der Waals surface area (Å²) >= 11 is 1.88. The Kier molecular flexibility index (Phi) is 4.28. The van der Waals surface area contributed by atoms with E-state index in [4.69, 9.17) is 4.74 Å². The van der Waals surface area contributed by atoms with Gasteiger partial charge in [-0.15, -0.1) is 11.8 Å². The molecule has 0 saturated carbocycles. The van der Waals surface area contributed by atoms with Gasteiger partial charge in [-0.1, -0.05) is 36.4 Å². The van der Waals surface area contributed by atoms with Crippen LogP contribution < -0.4 is 10.1 Å². The van der Waals surface area contributed by atoms with Crippen LogP contribution in [-0.2, 0) is 6.42 Å². The minimum atomic E-state index is 0.313. The number of fused-ring (bicyclic) bond motifs is 1. The highest BCUT2D eigenvalue weighted by Crippen LogP contribution is 2.35. The SMILES string of the molecule is CNC(CSc1ccccc1)c1cccc2c1OCC2. The number of benzene rings is 2. The Morgan fingerprint density at radius 1 is 1.15 bits per heavy atom. The smallest absolute Gasteiger partial charge is 0.127 e. The molecule has 0 amide bonds. The lowest BCUT2D eigenvalue weighted by molar-refractivity contribution is 0.350. The molecule has 0 spiro atoms. The molecule has 2 aromatic rings. The Labute approximate surface area is 124 Å². The molecule has 2 nitrogen and oxygen atoms in total. The van der Waals surface area contributed by atoms with E-state index in [2.05, 4.69) is 53.8 Å². The predicted molar refractivity (Wildman–Crippen MR) is 84.6 cm³/mol. The molecule has 0 radical (unpaired) electrons. The Hall–Kier alpha value is -1.45. The van der Waals surface area contributed by atoms with E-state index in [9.17, 15) is 0 Å². The van der Waals surface area contributed by atoms with Gasteiger partial charge < -0.3 is 10.1 Å². The molecule has 2 aromatic carbocycles. The van der Waals surface area contributed by atoms with Crippen LogP contribution in [0.4, 0.5) is 0 Å². The fraction of sp³-hybridized carbons (Fsp3) is 0.294. The topological polar surface area (TPSA) is 21.3 Å². The molecule has 1 heterocycles. The summed E-state index contributed by atoms with van der Waals surface area (Å²) < 4.78 is 5.82. The van der Waals surface area contributed by atoms with Crippen molar-refractivity contribution in [2.24, 2.45) is 0 Å². The number of thioether (sulfide) groups is 1. The second-order valence-corrected chi connectivity index (χ2v) is 5.99. The van der Waals surface area contributed by atoms with Crippen molar-refractivity contribution >= 4 is 11.8 Å². The van der Waals surface area contributed by atoms with Crippen molar-refractivity contribution in [3.8, 4) is 5.75 Å². The van der Waals surface area contributed by atoms with E-state index >= 15 is 0 Å². The summed E-state index contributed by atoms with van der Waals surface area (Å²) in [6.07, 6.45) is 1.03. The lowest BCUT2D eigenvalue weighted by atomic mass is 10.0. The molecule has 1 unspecified atom stereocenters. The standard InChI is InChI=1S/C17H19NOS/c1-18-16(12-20-14-7-3-2-4-8-14)15-9-5-6-13-10-11-19-17(13)15/h2-9,16,18H,10-12H2,1H3. The maximum absolute atomic E-state index is 5.82. The molecule has 3 heteroatoms. The first kappa shape index (κ1) is 13.5. The van der Waals surface area contributed by atoms with E-state index < -0.39 is 0 Å². The van der Waals surface area contributed by atoms with Crippen LogP contribution in [0.2, 0.25) is 0 Å². The van der Waals surface area contributed by atoms with Crippen molar-refractivity contribution < 1.29 is 4.74 Å². The van der Waals surface area contributed by atoms with Crippen LogP contribution >= 0.6 is 11.8 Å². The Balaban J connectivity index is 1.75. The zero-order valence-corrected chi connectivity index (χ0v) is 12.5. The lowest BCUT2D eigenvalue weighted by Gasteiger charge is -2.19. The van der Waals surface area contributed by atoms with Crippen molar-refractivity contribution in [1.29, 1.82) is 0 Å². The average molecular weight is 285 g/mol. The van der Waals surface area contributed by atoms with E-state index in [1.165, 1.54) is 16.0 Å². The van der Waals surface area contributed by atoms with Crippen LogP contribution in [0.1, 0.15) is 17.2 Å². The normalized spacial score (nSPS) is 14.7. The summed E-state index contributed by atoms with van der Waals surface area (Å²) in [7, 11) is 2.02. The summed E-state index contributed by atoms with van der Waals surface area (Å²) in [6, 6.07) is 17.3. The largest absolute Gasteiger partial charge is 0.493 e. The summed E-state index contributed by atoms with van der Waals surface area (Å²) in [6.45, 7) is 0.814. The third-order valence-corrected chi connectivity index (χ3v) is 4.73. The number of ether oxygens (including phenoxy) is 1. The van der Waals surface area contributed by atoms with Crippen molar-refractivity contribution in [1.82, 2.24) is 5.32 Å². The van der Waals surface area contributed by atoms with Gasteiger partial charge in [-0.25, -0.2) is 0 Å². The van der Waals surface area contributed by atoms with Gasteiger partial charge in [-0.2, -0.15) is 0 Å². The van der Waals surface area contributed by atoms with Crippen LogP contribution in [0.25, 0.3) is 0 Å². The third-order valence-electron chi connectivity index (χ3n) is 3.63. The first-order valence-corrected chi connectivity index (χ1v) is 7.97. The molecule has 1 atom stereocenters. The number of rotatable bonds is 5. The van der Waals surface area contributed by atoms with E-state index in [-0.39, 0.29) is 0 Å². The van der Waals surface area contributed by atoms with Crippen molar-refractivity contribution in [2.45, 2.75) is 17.4 Å². The molecule has 0 bridgehead atoms. The Morgan fingerprint density at radius 2 is 2.00 bits per heavy atom. The van der Waals surface area contributed by atoms with Gasteiger partial charge in [0.05, 0.1) is 6.61 Å². The number of para-hydroxylation sites is 1. The summed E-state index contributed by atoms with van der Waals surface area (Å²) in [5.41, 5.74) is 2.62. The fourth-order valence-electron chi connectivity index (χ4n) is 2.54. The highest BCUT2D eigenvalue weighted by molar-refractivity contribution is 7.99. The van der Waals surface area contributed by atoms with E-state index in [1.807, 2.05) is 18.8 Å². The lowest BCUT2D eigenvalue weighted by Crippen LogP contribution is -2.19. The van der Waals surface area contributed by atoms with Gasteiger partial charge in [0.15, 0.2) is 0 Å². The third kappa shape index (κ3) is 2.84. The maximum Gasteiger partial charge on any atom is 0.127 e. The van der Waals surface area contributed by atoms with Crippen molar-refractivity contribution in [3.05, 3.63) is 59.7 Å². The van der Waals surface area contributed by atoms with Gasteiger partial charge in [0.25, 0.3) is 0 Å². The molecule has 1 aliphatic rings. The molecule has 1 aliphatic heterocycles. The van der Waals surface area contributed by atoms with Gasteiger partial charge in [-0.3, -0.25) is 0 Å².